The van der Waals surface area contributed by atoms with Crippen molar-refractivity contribution in [2.45, 2.75) is 6.42 Å². The lowest BCUT2D eigenvalue weighted by Gasteiger charge is -2.16. The van der Waals surface area contributed by atoms with Gasteiger partial charge in [0.05, 0.1) is 30.5 Å². The number of Topliss-reactive ketones (excluding diaryl/α,β-unsaturated/α-hetero) is 1. The number of nitrogens with one attached hydrogen (secondary N) is 1. The Morgan fingerprint density at radius 1 is 1.62 bits per heavy atom. The van der Waals surface area contributed by atoms with Crippen LogP contribution in [0.5, 0.6) is 5.75 Å². The van der Waals surface area contributed by atoms with Crippen molar-refractivity contribution in [3.8, 4) is 5.75 Å². The zero-order chi connectivity index (χ0) is 11.5. The maximum atomic E-state index is 11.1. The van der Waals surface area contributed by atoms with E-state index in [9.17, 15) is 9.59 Å². The second-order valence-corrected chi connectivity index (χ2v) is 3.36. The van der Waals surface area contributed by atoms with Crippen LogP contribution in [-0.2, 0) is 16.0 Å². The van der Waals surface area contributed by atoms with Crippen LogP contribution < -0.4 is 10.1 Å². The largest absolute Gasteiger partial charge is 0.422 e. The van der Waals surface area contributed by atoms with Gasteiger partial charge in [-0.1, -0.05) is 6.58 Å². The summed E-state index contributed by atoms with van der Waals surface area (Å²) in [5.74, 6) is -0.102. The highest BCUT2D eigenvalue weighted by Crippen LogP contribution is 2.23. The fourth-order valence-corrected chi connectivity index (χ4v) is 1.42. The van der Waals surface area contributed by atoms with Crippen molar-refractivity contribution < 1.29 is 14.3 Å². The molecule has 1 N–H and O–H groups in total. The maximum absolute atomic E-state index is 11.1. The van der Waals surface area contributed by atoms with Gasteiger partial charge in [0, 0.05) is 12.1 Å². The predicted molar refractivity (Wildman–Crippen MR) is 57.3 cm³/mol. The summed E-state index contributed by atoms with van der Waals surface area (Å²) in [6.45, 7) is 3.58. The number of carbonyl (C=O) groups excluding carboxylic acids is 2. The van der Waals surface area contributed by atoms with E-state index in [4.69, 9.17) is 4.74 Å². The van der Waals surface area contributed by atoms with Gasteiger partial charge < -0.3 is 10.1 Å². The first-order valence-corrected chi connectivity index (χ1v) is 4.78. The van der Waals surface area contributed by atoms with Crippen molar-refractivity contribution in [1.82, 2.24) is 4.98 Å². The third-order valence-corrected chi connectivity index (χ3v) is 2.17. The van der Waals surface area contributed by atoms with E-state index >= 15 is 0 Å². The molecule has 5 nitrogen and oxygen atoms in total. The molecule has 0 fully saturated rings. The summed E-state index contributed by atoms with van der Waals surface area (Å²) in [6.07, 6.45) is 2.81. The van der Waals surface area contributed by atoms with Crippen LogP contribution in [0.25, 0.3) is 0 Å². The summed E-state index contributed by atoms with van der Waals surface area (Å²) in [5.41, 5.74) is 1.41. The third kappa shape index (κ3) is 2.08. The molecule has 0 aliphatic carbocycles. The Balaban J connectivity index is 2.22. The zero-order valence-electron chi connectivity index (χ0n) is 8.53. The lowest BCUT2D eigenvalue weighted by atomic mass is 10.1. The third-order valence-electron chi connectivity index (χ3n) is 2.17. The van der Waals surface area contributed by atoms with Gasteiger partial charge in [0.1, 0.15) is 0 Å². The summed E-state index contributed by atoms with van der Waals surface area (Å²) >= 11 is 0. The van der Waals surface area contributed by atoms with E-state index in [1.54, 1.807) is 6.07 Å². The van der Waals surface area contributed by atoms with Gasteiger partial charge in [0.25, 0.3) is 0 Å². The molecule has 0 saturated carbocycles. The first-order valence-electron chi connectivity index (χ1n) is 4.78. The molecule has 0 saturated heterocycles. The van der Waals surface area contributed by atoms with Gasteiger partial charge in [-0.25, -0.2) is 4.79 Å². The van der Waals surface area contributed by atoms with E-state index in [2.05, 4.69) is 16.9 Å². The van der Waals surface area contributed by atoms with E-state index in [-0.39, 0.29) is 12.3 Å². The molecule has 16 heavy (non-hydrogen) atoms. The van der Waals surface area contributed by atoms with Crippen LogP contribution in [0, 0.1) is 0 Å². The summed E-state index contributed by atoms with van der Waals surface area (Å²) < 4.78 is 4.91. The molecule has 0 radical (unpaired) electrons. The summed E-state index contributed by atoms with van der Waals surface area (Å²) in [7, 11) is 0. The van der Waals surface area contributed by atoms with E-state index in [1.807, 2.05) is 0 Å². The lowest BCUT2D eigenvalue weighted by molar-refractivity contribution is -0.129. The van der Waals surface area contributed by atoms with Gasteiger partial charge in [0.2, 0.25) is 0 Å². The normalized spacial score (nSPS) is 13.6. The first-order chi connectivity index (χ1) is 7.69. The van der Waals surface area contributed by atoms with Crippen molar-refractivity contribution in [3.63, 3.8) is 0 Å². The Bertz CT molecular complexity index is 468. The van der Waals surface area contributed by atoms with Gasteiger partial charge in [-0.15, -0.1) is 0 Å². The zero-order valence-corrected chi connectivity index (χ0v) is 8.53. The molecule has 1 aliphatic heterocycles. The number of hydrogen-bond donors (Lipinski definition) is 1. The number of ketones is 1. The van der Waals surface area contributed by atoms with Crippen LogP contribution in [-0.4, -0.2) is 23.3 Å². The highest BCUT2D eigenvalue weighted by Gasteiger charge is 2.17. The number of ether oxygens (including phenoxy) is 1. The second-order valence-electron chi connectivity index (χ2n) is 3.36. The molecule has 1 aliphatic rings. The molecule has 5 heteroatoms. The molecule has 0 unspecified atom stereocenters. The number of anilines is 1. The minimum atomic E-state index is -0.534. The van der Waals surface area contributed by atoms with Gasteiger partial charge in [-0.3, -0.25) is 9.78 Å². The van der Waals surface area contributed by atoms with E-state index in [0.29, 0.717) is 17.9 Å². The average molecular weight is 218 g/mol. The highest BCUT2D eigenvalue weighted by atomic mass is 16.5. The molecular weight excluding hydrogens is 208 g/mol. The van der Waals surface area contributed by atoms with Crippen molar-refractivity contribution in [3.05, 3.63) is 30.6 Å². The minimum absolute atomic E-state index is 0.0934. The van der Waals surface area contributed by atoms with E-state index in [1.165, 1.54) is 6.20 Å². The standard InChI is InChI=1S/C11H10N2O3/c1-2-11(15)16-8-4-10-9(13-6-8)3-7(14)5-12-10/h2,4,6,12H,1,3,5H2. The SMILES string of the molecule is C=CC(=O)Oc1cnc2c(c1)NCC(=O)C2. The van der Waals surface area contributed by atoms with Crippen LogP contribution in [0.2, 0.25) is 0 Å². The van der Waals surface area contributed by atoms with Crippen LogP contribution in [0.4, 0.5) is 5.69 Å². The number of aromatic nitrogens is 1. The Morgan fingerprint density at radius 3 is 3.19 bits per heavy atom. The number of nitrogens with zero attached hydrogens (tertiary/aromatic N) is 1. The Hall–Kier alpha value is -2.17. The molecule has 0 atom stereocenters. The highest BCUT2D eigenvalue weighted by molar-refractivity contribution is 5.89. The second kappa shape index (κ2) is 4.14. The van der Waals surface area contributed by atoms with Crippen molar-refractivity contribution in [2.75, 3.05) is 11.9 Å². The van der Waals surface area contributed by atoms with Crippen molar-refractivity contribution in [2.24, 2.45) is 0 Å². The minimum Gasteiger partial charge on any atom is -0.422 e. The van der Waals surface area contributed by atoms with Crippen molar-refractivity contribution >= 4 is 17.4 Å². The first kappa shape index (κ1) is 10.4. The maximum Gasteiger partial charge on any atom is 0.335 e. The fourth-order valence-electron chi connectivity index (χ4n) is 1.42. The van der Waals surface area contributed by atoms with Gasteiger partial charge >= 0.3 is 5.97 Å². The topological polar surface area (TPSA) is 68.3 Å². The van der Waals surface area contributed by atoms with Crippen LogP contribution in [0.3, 0.4) is 0 Å². The molecule has 2 rings (SSSR count). The Labute approximate surface area is 92.1 Å². The van der Waals surface area contributed by atoms with Gasteiger partial charge in [0.15, 0.2) is 11.5 Å². The number of hydrogen-bond acceptors (Lipinski definition) is 5. The fraction of sp³-hybridized carbons (Fsp3) is 0.182. The molecule has 0 amide bonds. The Morgan fingerprint density at radius 2 is 2.44 bits per heavy atom. The quantitative estimate of drug-likeness (QED) is 0.585. The average Bonchev–Trinajstić information content (AvgIpc) is 2.29. The molecule has 1 aromatic heterocycles. The van der Waals surface area contributed by atoms with Crippen LogP contribution in [0.15, 0.2) is 24.9 Å². The molecule has 0 spiro atoms. The van der Waals surface area contributed by atoms with Gasteiger partial charge in [-0.2, -0.15) is 0 Å². The summed E-state index contributed by atoms with van der Waals surface area (Å²) in [5, 5.41) is 2.91. The molecular formula is C11H10N2O3. The number of esters is 1. The Kier molecular flexibility index (Phi) is 2.68. The lowest BCUT2D eigenvalue weighted by Crippen LogP contribution is -2.23. The molecule has 1 aromatic rings. The van der Waals surface area contributed by atoms with E-state index in [0.717, 1.165) is 11.8 Å². The number of carbonyl (C=O) groups is 2. The predicted octanol–water partition coefficient (Wildman–Crippen LogP) is 0.710. The van der Waals surface area contributed by atoms with Crippen molar-refractivity contribution in [1.29, 1.82) is 0 Å². The monoisotopic (exact) mass is 218 g/mol. The summed E-state index contributed by atoms with van der Waals surface area (Å²) in [6, 6.07) is 1.65. The summed E-state index contributed by atoms with van der Waals surface area (Å²) in [4.78, 5) is 26.2. The number of fused-ring (bicyclic) bond motifs is 1. The number of pyridine rings is 1. The molecule has 2 heterocycles. The number of rotatable bonds is 2. The van der Waals surface area contributed by atoms with Gasteiger partial charge in [-0.05, 0) is 0 Å². The van der Waals surface area contributed by atoms with E-state index < -0.39 is 5.97 Å². The molecule has 82 valence electrons. The smallest absolute Gasteiger partial charge is 0.335 e. The molecule has 0 bridgehead atoms. The van der Waals surface area contributed by atoms with Crippen LogP contribution in [0.1, 0.15) is 5.69 Å². The van der Waals surface area contributed by atoms with Crippen LogP contribution >= 0.6 is 0 Å². The molecule has 0 aromatic carbocycles.